The zero-order chi connectivity index (χ0) is 23.4. The number of benzene rings is 3. The van der Waals surface area contributed by atoms with Gasteiger partial charge in [-0.2, -0.15) is 0 Å². The van der Waals surface area contributed by atoms with Crippen molar-refractivity contribution in [2.24, 2.45) is 0 Å². The van der Waals surface area contributed by atoms with Crippen LogP contribution in [0.15, 0.2) is 78.9 Å². The Morgan fingerprint density at radius 3 is 2.47 bits per heavy atom. The van der Waals surface area contributed by atoms with Crippen LogP contribution >= 0.6 is 0 Å². The molecular weight excluding hydrogens is 422 g/mol. The molecule has 5 heteroatoms. The van der Waals surface area contributed by atoms with Crippen molar-refractivity contribution in [3.05, 3.63) is 95.7 Å². The van der Waals surface area contributed by atoms with Crippen LogP contribution in [-0.2, 0) is 0 Å². The summed E-state index contributed by atoms with van der Waals surface area (Å²) in [5, 5.41) is 13.4. The highest BCUT2D eigenvalue weighted by Crippen LogP contribution is 2.36. The number of aryl methyl sites for hydroxylation is 3. The number of para-hydroxylation sites is 1. The predicted octanol–water partition coefficient (Wildman–Crippen LogP) is 7.15. The summed E-state index contributed by atoms with van der Waals surface area (Å²) in [7, 11) is 0. The van der Waals surface area contributed by atoms with Crippen molar-refractivity contribution in [1.82, 2.24) is 14.5 Å². The van der Waals surface area contributed by atoms with Crippen LogP contribution in [0, 0.1) is 20.8 Å². The third kappa shape index (κ3) is 3.33. The van der Waals surface area contributed by atoms with Gasteiger partial charge in [0.2, 0.25) is 5.88 Å². The molecule has 0 aliphatic carbocycles. The number of aromatic nitrogens is 3. The van der Waals surface area contributed by atoms with Crippen LogP contribution in [0.5, 0.6) is 17.4 Å². The molecule has 0 aliphatic rings. The highest BCUT2D eigenvalue weighted by molar-refractivity contribution is 6.09. The molecular formula is C29H23N3O2. The minimum absolute atomic E-state index is 0.134. The zero-order valence-corrected chi connectivity index (χ0v) is 19.2. The first-order valence-corrected chi connectivity index (χ1v) is 11.2. The van der Waals surface area contributed by atoms with Crippen LogP contribution in [0.25, 0.3) is 38.5 Å². The summed E-state index contributed by atoms with van der Waals surface area (Å²) in [6.45, 7) is 6.21. The van der Waals surface area contributed by atoms with Gasteiger partial charge < -0.3 is 9.84 Å². The highest BCUT2D eigenvalue weighted by atomic mass is 16.5. The van der Waals surface area contributed by atoms with Crippen molar-refractivity contribution >= 4 is 32.7 Å². The van der Waals surface area contributed by atoms with Crippen LogP contribution in [-0.4, -0.2) is 19.6 Å². The van der Waals surface area contributed by atoms with Crippen molar-refractivity contribution in [2.75, 3.05) is 0 Å². The number of ether oxygens (including phenoxy) is 1. The smallest absolute Gasteiger partial charge is 0.219 e. The molecule has 3 aromatic heterocycles. The second kappa shape index (κ2) is 7.59. The Bertz CT molecular complexity index is 1710. The highest BCUT2D eigenvalue weighted by Gasteiger charge is 2.15. The lowest BCUT2D eigenvalue weighted by Crippen LogP contribution is -2.00. The molecule has 166 valence electrons. The second-order valence-electron chi connectivity index (χ2n) is 8.78. The van der Waals surface area contributed by atoms with Gasteiger partial charge >= 0.3 is 0 Å². The Morgan fingerprint density at radius 1 is 0.735 bits per heavy atom. The second-order valence-corrected chi connectivity index (χ2v) is 8.78. The van der Waals surface area contributed by atoms with E-state index < -0.39 is 0 Å². The average molecular weight is 446 g/mol. The Labute approximate surface area is 196 Å². The van der Waals surface area contributed by atoms with Gasteiger partial charge in [0.15, 0.2) is 0 Å². The van der Waals surface area contributed by atoms with E-state index in [0.717, 1.165) is 38.9 Å². The predicted molar refractivity (Wildman–Crippen MR) is 136 cm³/mol. The summed E-state index contributed by atoms with van der Waals surface area (Å²) >= 11 is 0. The molecule has 0 spiro atoms. The number of hydrogen-bond acceptors (Lipinski definition) is 4. The maximum Gasteiger partial charge on any atom is 0.219 e. The van der Waals surface area contributed by atoms with Crippen LogP contribution in [0.2, 0.25) is 0 Å². The third-order valence-corrected chi connectivity index (χ3v) is 6.10. The van der Waals surface area contributed by atoms with E-state index >= 15 is 0 Å². The van der Waals surface area contributed by atoms with Crippen LogP contribution in [0.3, 0.4) is 0 Å². The van der Waals surface area contributed by atoms with E-state index in [-0.39, 0.29) is 5.75 Å². The van der Waals surface area contributed by atoms with Crippen LogP contribution < -0.4 is 4.74 Å². The molecule has 5 nitrogen and oxygen atoms in total. The average Bonchev–Trinajstić information content (AvgIpc) is 3.12. The van der Waals surface area contributed by atoms with Gasteiger partial charge in [-0.25, -0.2) is 9.97 Å². The molecule has 0 radical (unpaired) electrons. The maximum atomic E-state index is 10.2. The van der Waals surface area contributed by atoms with E-state index in [0.29, 0.717) is 17.1 Å². The summed E-state index contributed by atoms with van der Waals surface area (Å²) in [6.07, 6.45) is 0. The molecule has 34 heavy (non-hydrogen) atoms. The van der Waals surface area contributed by atoms with Gasteiger partial charge in [-0.05, 0) is 74.9 Å². The van der Waals surface area contributed by atoms with Gasteiger partial charge in [-0.15, -0.1) is 0 Å². The van der Waals surface area contributed by atoms with E-state index in [1.54, 1.807) is 12.1 Å². The SMILES string of the molecule is Cc1cc(C)nc(-n2c3ccc(C)cc3c3ccc(Oc4ccc5cccc(O)c5n4)cc32)c1. The number of fused-ring (bicyclic) bond motifs is 4. The monoisotopic (exact) mass is 445 g/mol. The molecule has 0 fully saturated rings. The summed E-state index contributed by atoms with van der Waals surface area (Å²) in [6, 6.07) is 25.8. The lowest BCUT2D eigenvalue weighted by Gasteiger charge is -2.10. The number of hydrogen-bond donors (Lipinski definition) is 1. The molecule has 6 aromatic rings. The number of phenolic OH excluding ortho intramolecular Hbond substituents is 1. The fourth-order valence-electron chi connectivity index (χ4n) is 4.65. The molecule has 1 N–H and O–H groups in total. The molecule has 0 saturated carbocycles. The zero-order valence-electron chi connectivity index (χ0n) is 19.2. The molecule has 0 saturated heterocycles. The number of phenols is 1. The van der Waals surface area contributed by atoms with E-state index in [4.69, 9.17) is 9.72 Å². The van der Waals surface area contributed by atoms with Crippen molar-refractivity contribution in [2.45, 2.75) is 20.8 Å². The Hall–Kier alpha value is -4.38. The molecule has 0 atom stereocenters. The van der Waals surface area contributed by atoms with Crippen molar-refractivity contribution in [3.8, 4) is 23.2 Å². The number of pyridine rings is 2. The standard InChI is InChI=1S/C29H23N3O2/c1-17-7-11-24-23(14-17)22-10-9-21(16-25(22)32(24)27-15-18(2)13-19(3)30-27)34-28-12-8-20-5-4-6-26(33)29(20)31-28/h4-16,33H,1-3H3. The molecule has 0 unspecified atom stereocenters. The lowest BCUT2D eigenvalue weighted by atomic mass is 10.1. The van der Waals surface area contributed by atoms with E-state index in [1.807, 2.05) is 37.3 Å². The van der Waals surface area contributed by atoms with E-state index in [9.17, 15) is 5.11 Å². The molecule has 3 aromatic carbocycles. The van der Waals surface area contributed by atoms with Gasteiger partial charge in [0.1, 0.15) is 22.8 Å². The van der Waals surface area contributed by atoms with Crippen molar-refractivity contribution in [3.63, 3.8) is 0 Å². The van der Waals surface area contributed by atoms with Crippen LogP contribution in [0.1, 0.15) is 16.8 Å². The number of nitrogens with zero attached hydrogens (tertiary/aromatic N) is 3. The van der Waals surface area contributed by atoms with Crippen molar-refractivity contribution in [1.29, 1.82) is 0 Å². The molecule has 3 heterocycles. The summed E-state index contributed by atoms with van der Waals surface area (Å²) in [4.78, 5) is 9.36. The third-order valence-electron chi connectivity index (χ3n) is 6.10. The van der Waals surface area contributed by atoms with Crippen molar-refractivity contribution < 1.29 is 9.84 Å². The minimum atomic E-state index is 0.134. The van der Waals surface area contributed by atoms with Crippen LogP contribution in [0.4, 0.5) is 0 Å². The van der Waals surface area contributed by atoms with E-state index in [2.05, 4.69) is 59.8 Å². The van der Waals surface area contributed by atoms with Gasteiger partial charge in [-0.3, -0.25) is 4.57 Å². The van der Waals surface area contributed by atoms with Gasteiger partial charge in [-0.1, -0.05) is 23.8 Å². The quantitative estimate of drug-likeness (QED) is 0.314. The topological polar surface area (TPSA) is 60.2 Å². The van der Waals surface area contributed by atoms with Gasteiger partial charge in [0.05, 0.1) is 11.0 Å². The first-order chi connectivity index (χ1) is 16.5. The normalized spacial score (nSPS) is 11.5. The summed E-state index contributed by atoms with van der Waals surface area (Å²) in [5.41, 5.74) is 5.98. The Balaban J connectivity index is 1.54. The Morgan fingerprint density at radius 2 is 1.62 bits per heavy atom. The first-order valence-electron chi connectivity index (χ1n) is 11.2. The van der Waals surface area contributed by atoms with Gasteiger partial charge in [0, 0.05) is 34.0 Å². The minimum Gasteiger partial charge on any atom is -0.506 e. The fourth-order valence-corrected chi connectivity index (χ4v) is 4.65. The lowest BCUT2D eigenvalue weighted by molar-refractivity contribution is 0.460. The maximum absolute atomic E-state index is 10.2. The summed E-state index contributed by atoms with van der Waals surface area (Å²) < 4.78 is 8.34. The number of rotatable bonds is 3. The molecule has 0 amide bonds. The molecule has 6 rings (SSSR count). The number of aromatic hydroxyl groups is 1. The fraction of sp³-hybridized carbons (Fsp3) is 0.103. The summed E-state index contributed by atoms with van der Waals surface area (Å²) in [5.74, 6) is 2.11. The van der Waals surface area contributed by atoms with Gasteiger partial charge in [0.25, 0.3) is 0 Å². The largest absolute Gasteiger partial charge is 0.506 e. The first kappa shape index (κ1) is 20.2. The molecule has 0 bridgehead atoms. The molecule has 0 aliphatic heterocycles. The Kier molecular flexibility index (Phi) is 4.52. The van der Waals surface area contributed by atoms with E-state index in [1.165, 1.54) is 10.9 Å².